The molecular weight excluding hydrogens is 280 g/mol. The number of nitrogens with zero attached hydrogens (tertiary/aromatic N) is 2. The van der Waals surface area contributed by atoms with Crippen LogP contribution in [0.2, 0.25) is 0 Å². The van der Waals surface area contributed by atoms with Gasteiger partial charge in [0.25, 0.3) is 0 Å². The summed E-state index contributed by atoms with van der Waals surface area (Å²) in [6.07, 6.45) is 2.53. The molecule has 0 spiro atoms. The fourth-order valence-corrected chi connectivity index (χ4v) is 1.95. The molecular formula is C16H22N4O2. The second kappa shape index (κ2) is 6.60. The number of amides is 2. The molecule has 6 nitrogen and oxygen atoms in total. The van der Waals surface area contributed by atoms with Gasteiger partial charge in [0.05, 0.1) is 11.0 Å². The normalized spacial score (nSPS) is 11.4. The zero-order chi connectivity index (χ0) is 16.2. The molecule has 0 saturated carbocycles. The summed E-state index contributed by atoms with van der Waals surface area (Å²) in [4.78, 5) is 27.8. The van der Waals surface area contributed by atoms with Crippen molar-refractivity contribution < 1.29 is 9.59 Å². The summed E-state index contributed by atoms with van der Waals surface area (Å²) in [5.41, 5.74) is 4.07. The largest absolute Gasteiger partial charge is 0.356 e. The molecule has 0 aliphatic heterocycles. The van der Waals surface area contributed by atoms with Crippen molar-refractivity contribution in [3.8, 4) is 0 Å². The van der Waals surface area contributed by atoms with Gasteiger partial charge in [-0.1, -0.05) is 32.9 Å². The zero-order valence-corrected chi connectivity index (χ0v) is 13.2. The monoisotopic (exact) mass is 302 g/mol. The van der Waals surface area contributed by atoms with E-state index in [0.29, 0.717) is 19.4 Å². The molecule has 2 aromatic rings. The van der Waals surface area contributed by atoms with Crippen LogP contribution in [0.4, 0.5) is 0 Å². The van der Waals surface area contributed by atoms with E-state index in [4.69, 9.17) is 0 Å². The Labute approximate surface area is 129 Å². The smallest absolute Gasteiger partial charge is 0.238 e. The first-order valence-electron chi connectivity index (χ1n) is 7.38. The third kappa shape index (κ3) is 4.07. The number of fused-ring (bicyclic) bond motifs is 1. The highest BCUT2D eigenvalue weighted by atomic mass is 16.2. The van der Waals surface area contributed by atoms with Crippen molar-refractivity contribution in [1.82, 2.24) is 15.0 Å². The van der Waals surface area contributed by atoms with Gasteiger partial charge in [-0.25, -0.2) is 9.66 Å². The number of rotatable bonds is 5. The van der Waals surface area contributed by atoms with E-state index in [1.165, 1.54) is 0 Å². The van der Waals surface area contributed by atoms with E-state index in [2.05, 4.69) is 15.7 Å². The van der Waals surface area contributed by atoms with E-state index in [1.807, 2.05) is 45.0 Å². The first kappa shape index (κ1) is 16.0. The topological polar surface area (TPSA) is 76.0 Å². The van der Waals surface area contributed by atoms with Gasteiger partial charge in [0.2, 0.25) is 11.8 Å². The SMILES string of the molecule is CC(C)(C)C(=O)NCCCC(=O)Nn1cnc2ccccc21. The van der Waals surface area contributed by atoms with Gasteiger partial charge in [0.15, 0.2) is 0 Å². The van der Waals surface area contributed by atoms with Crippen molar-refractivity contribution in [3.05, 3.63) is 30.6 Å². The summed E-state index contributed by atoms with van der Waals surface area (Å²) < 4.78 is 1.62. The second-order valence-corrected chi connectivity index (χ2v) is 6.25. The van der Waals surface area contributed by atoms with Crippen LogP contribution < -0.4 is 10.7 Å². The molecule has 2 amide bonds. The summed E-state index contributed by atoms with van der Waals surface area (Å²) in [6.45, 7) is 6.08. The fourth-order valence-electron chi connectivity index (χ4n) is 1.95. The Morgan fingerprint density at radius 1 is 1.23 bits per heavy atom. The minimum Gasteiger partial charge on any atom is -0.356 e. The third-order valence-electron chi connectivity index (χ3n) is 3.25. The molecule has 118 valence electrons. The van der Waals surface area contributed by atoms with Gasteiger partial charge >= 0.3 is 0 Å². The molecule has 0 radical (unpaired) electrons. The molecule has 22 heavy (non-hydrogen) atoms. The van der Waals surface area contributed by atoms with E-state index >= 15 is 0 Å². The molecule has 1 heterocycles. The molecule has 0 aliphatic carbocycles. The number of carbonyl (C=O) groups excluding carboxylic acids is 2. The number of nitrogens with one attached hydrogen (secondary N) is 2. The first-order chi connectivity index (χ1) is 10.4. The molecule has 1 aromatic carbocycles. The number of hydrogen-bond donors (Lipinski definition) is 2. The summed E-state index contributed by atoms with van der Waals surface area (Å²) in [7, 11) is 0. The van der Waals surface area contributed by atoms with Crippen molar-refractivity contribution in [2.45, 2.75) is 33.6 Å². The van der Waals surface area contributed by atoms with E-state index in [9.17, 15) is 9.59 Å². The van der Waals surface area contributed by atoms with Crippen molar-refractivity contribution in [3.63, 3.8) is 0 Å². The Balaban J connectivity index is 1.78. The summed E-state index contributed by atoms with van der Waals surface area (Å²) in [6, 6.07) is 7.58. The van der Waals surface area contributed by atoms with E-state index in [1.54, 1.807) is 11.0 Å². The highest BCUT2D eigenvalue weighted by molar-refractivity contribution is 5.86. The van der Waals surface area contributed by atoms with Gasteiger partial charge in [0.1, 0.15) is 6.33 Å². The van der Waals surface area contributed by atoms with Gasteiger partial charge in [-0.15, -0.1) is 0 Å². The highest BCUT2D eigenvalue weighted by Crippen LogP contribution is 2.12. The lowest BCUT2D eigenvalue weighted by Gasteiger charge is -2.17. The maximum Gasteiger partial charge on any atom is 0.238 e. The summed E-state index contributed by atoms with van der Waals surface area (Å²) in [5.74, 6) is -0.110. The van der Waals surface area contributed by atoms with Crippen LogP contribution in [0.5, 0.6) is 0 Å². The quantitative estimate of drug-likeness (QED) is 0.830. The van der Waals surface area contributed by atoms with Crippen LogP contribution >= 0.6 is 0 Å². The molecule has 6 heteroatoms. The maximum atomic E-state index is 11.9. The average molecular weight is 302 g/mol. The maximum absolute atomic E-state index is 11.9. The van der Waals surface area contributed by atoms with Crippen LogP contribution in [0.15, 0.2) is 30.6 Å². The van der Waals surface area contributed by atoms with Crippen molar-refractivity contribution in [1.29, 1.82) is 0 Å². The van der Waals surface area contributed by atoms with Crippen LogP contribution in [0.1, 0.15) is 33.6 Å². The van der Waals surface area contributed by atoms with Crippen LogP contribution in [0, 0.1) is 5.41 Å². The van der Waals surface area contributed by atoms with E-state index in [-0.39, 0.29) is 11.8 Å². The predicted molar refractivity (Wildman–Crippen MR) is 85.8 cm³/mol. The third-order valence-corrected chi connectivity index (χ3v) is 3.25. The molecule has 0 saturated heterocycles. The molecule has 1 aromatic heterocycles. The Morgan fingerprint density at radius 3 is 2.68 bits per heavy atom. The highest BCUT2D eigenvalue weighted by Gasteiger charge is 2.20. The second-order valence-electron chi connectivity index (χ2n) is 6.25. The molecule has 2 rings (SSSR count). The van der Waals surface area contributed by atoms with E-state index < -0.39 is 5.41 Å². The number of aromatic nitrogens is 2. The number of hydrogen-bond acceptors (Lipinski definition) is 3. The fraction of sp³-hybridized carbons (Fsp3) is 0.438. The Hall–Kier alpha value is -2.37. The van der Waals surface area contributed by atoms with Gasteiger partial charge in [-0.05, 0) is 18.6 Å². The van der Waals surface area contributed by atoms with Crippen LogP contribution in [-0.2, 0) is 9.59 Å². The molecule has 0 fully saturated rings. The molecule has 0 aliphatic rings. The Bertz CT molecular complexity index is 670. The predicted octanol–water partition coefficient (Wildman–Crippen LogP) is 2.05. The van der Waals surface area contributed by atoms with Crippen LogP contribution in [-0.4, -0.2) is 28.0 Å². The molecule has 0 unspecified atom stereocenters. The number of benzene rings is 1. The average Bonchev–Trinajstić information content (AvgIpc) is 2.86. The lowest BCUT2D eigenvalue weighted by molar-refractivity contribution is -0.128. The first-order valence-corrected chi connectivity index (χ1v) is 7.38. The van der Waals surface area contributed by atoms with Crippen molar-refractivity contribution in [2.75, 3.05) is 12.0 Å². The van der Waals surface area contributed by atoms with E-state index in [0.717, 1.165) is 11.0 Å². The lowest BCUT2D eigenvalue weighted by Crippen LogP contribution is -2.35. The number of imidazole rings is 1. The minimum atomic E-state index is -0.405. The van der Waals surface area contributed by atoms with Crippen LogP contribution in [0.25, 0.3) is 11.0 Å². The Kier molecular flexibility index (Phi) is 4.80. The Morgan fingerprint density at radius 2 is 1.95 bits per heavy atom. The minimum absolute atomic E-state index is 0.00601. The summed E-state index contributed by atoms with van der Waals surface area (Å²) in [5, 5.41) is 2.83. The van der Waals surface area contributed by atoms with Gasteiger partial charge in [0, 0.05) is 18.4 Å². The number of para-hydroxylation sites is 2. The standard InChI is InChI=1S/C16H22N4O2/c1-16(2,3)15(22)17-10-6-9-14(21)19-20-11-18-12-7-4-5-8-13(12)20/h4-5,7-8,11H,6,9-10H2,1-3H3,(H,17,22)(H,19,21). The zero-order valence-electron chi connectivity index (χ0n) is 13.2. The lowest BCUT2D eigenvalue weighted by atomic mass is 9.96. The van der Waals surface area contributed by atoms with Crippen molar-refractivity contribution >= 4 is 22.8 Å². The molecule has 0 atom stereocenters. The van der Waals surface area contributed by atoms with Crippen LogP contribution in [0.3, 0.4) is 0 Å². The van der Waals surface area contributed by atoms with Gasteiger partial charge in [-0.2, -0.15) is 0 Å². The molecule has 2 N–H and O–H groups in total. The number of carbonyl (C=O) groups is 2. The molecule has 0 bridgehead atoms. The van der Waals surface area contributed by atoms with Gasteiger partial charge < -0.3 is 5.32 Å². The summed E-state index contributed by atoms with van der Waals surface area (Å²) >= 11 is 0. The van der Waals surface area contributed by atoms with Crippen molar-refractivity contribution in [2.24, 2.45) is 5.41 Å². The van der Waals surface area contributed by atoms with Gasteiger partial charge in [-0.3, -0.25) is 15.0 Å².